The van der Waals surface area contributed by atoms with E-state index in [0.29, 0.717) is 18.1 Å². The quantitative estimate of drug-likeness (QED) is 0.774. The average Bonchev–Trinajstić information content (AvgIpc) is 2.64. The van der Waals surface area contributed by atoms with Crippen LogP contribution in [0.15, 0.2) is 48.5 Å². The molecule has 0 aromatic heterocycles. The Kier molecular flexibility index (Phi) is 6.92. The lowest BCUT2D eigenvalue weighted by atomic mass is 9.84. The molecule has 0 fully saturated rings. The lowest BCUT2D eigenvalue weighted by molar-refractivity contribution is 0.206. The molecule has 0 saturated carbocycles. The highest BCUT2D eigenvalue weighted by Gasteiger charge is 2.22. The number of para-hydroxylation sites is 1. The summed E-state index contributed by atoms with van der Waals surface area (Å²) in [6, 6.07) is 15.5. The second-order valence-corrected chi connectivity index (χ2v) is 7.47. The molecule has 2 aromatic carbocycles. The molecule has 0 aliphatic rings. The van der Waals surface area contributed by atoms with E-state index in [1.807, 2.05) is 48.5 Å². The van der Waals surface area contributed by atoms with Crippen LogP contribution >= 0.6 is 11.6 Å². The molecule has 0 unspecified atom stereocenters. The molecule has 0 radical (unpaired) electrons. The smallest absolute Gasteiger partial charge is 0.317 e. The van der Waals surface area contributed by atoms with Gasteiger partial charge in [-0.25, -0.2) is 4.79 Å². The van der Waals surface area contributed by atoms with E-state index in [4.69, 9.17) is 16.3 Å². The third kappa shape index (κ3) is 5.40. The number of benzene rings is 2. The molecule has 2 amide bonds. The zero-order valence-corrected chi connectivity index (χ0v) is 16.6. The van der Waals surface area contributed by atoms with Crippen LogP contribution in [0.25, 0.3) is 0 Å². The van der Waals surface area contributed by atoms with E-state index >= 15 is 0 Å². The number of nitrogens with one attached hydrogen (secondary N) is 1. The third-order valence-corrected chi connectivity index (χ3v) is 4.78. The topological polar surface area (TPSA) is 41.6 Å². The van der Waals surface area contributed by atoms with E-state index in [1.54, 1.807) is 19.1 Å². The standard InChI is InChI=1S/C21H27ClN2O2/c1-21(2,17-9-7-10-18(22)14-17)15-23-20(25)24(3)13-12-16-8-5-6-11-19(16)26-4/h5-11,14H,12-13,15H2,1-4H3,(H,23,25). The molecule has 0 saturated heterocycles. The number of carbonyl (C=O) groups excluding carboxylic acids is 1. The van der Waals surface area contributed by atoms with Gasteiger partial charge < -0.3 is 15.0 Å². The number of carbonyl (C=O) groups is 1. The van der Waals surface area contributed by atoms with Gasteiger partial charge in [-0.05, 0) is 35.7 Å². The summed E-state index contributed by atoms with van der Waals surface area (Å²) in [6.45, 7) is 5.33. The molecule has 4 nitrogen and oxygen atoms in total. The molecule has 0 atom stereocenters. The Labute approximate surface area is 161 Å². The molecular formula is C21H27ClN2O2. The molecule has 0 aliphatic heterocycles. The Morgan fingerprint density at radius 2 is 1.92 bits per heavy atom. The maximum absolute atomic E-state index is 12.4. The van der Waals surface area contributed by atoms with E-state index in [-0.39, 0.29) is 11.4 Å². The van der Waals surface area contributed by atoms with Crippen LogP contribution < -0.4 is 10.1 Å². The van der Waals surface area contributed by atoms with Crippen molar-refractivity contribution >= 4 is 17.6 Å². The molecule has 2 rings (SSSR count). The molecule has 0 spiro atoms. The first-order chi connectivity index (χ1) is 12.3. The van der Waals surface area contributed by atoms with Gasteiger partial charge in [0.2, 0.25) is 0 Å². The van der Waals surface area contributed by atoms with Gasteiger partial charge in [0.05, 0.1) is 7.11 Å². The van der Waals surface area contributed by atoms with Crippen molar-refractivity contribution in [3.8, 4) is 5.75 Å². The van der Waals surface area contributed by atoms with E-state index in [2.05, 4.69) is 19.2 Å². The van der Waals surface area contributed by atoms with Crippen molar-refractivity contribution in [2.75, 3.05) is 27.2 Å². The Balaban J connectivity index is 1.88. The van der Waals surface area contributed by atoms with Crippen LogP contribution in [0, 0.1) is 0 Å². The minimum Gasteiger partial charge on any atom is -0.496 e. The van der Waals surface area contributed by atoms with Crippen molar-refractivity contribution in [3.05, 3.63) is 64.7 Å². The van der Waals surface area contributed by atoms with E-state index < -0.39 is 0 Å². The van der Waals surface area contributed by atoms with Gasteiger partial charge in [-0.3, -0.25) is 0 Å². The number of likely N-dealkylation sites (N-methyl/N-ethyl adjacent to an activating group) is 1. The average molecular weight is 375 g/mol. The summed E-state index contributed by atoms with van der Waals surface area (Å²) >= 11 is 6.08. The number of amides is 2. The number of methoxy groups -OCH3 is 1. The van der Waals surface area contributed by atoms with Crippen molar-refractivity contribution < 1.29 is 9.53 Å². The van der Waals surface area contributed by atoms with Crippen LogP contribution in [0.3, 0.4) is 0 Å². The van der Waals surface area contributed by atoms with Crippen LogP contribution in [0.1, 0.15) is 25.0 Å². The number of ether oxygens (including phenoxy) is 1. The first kappa shape index (κ1) is 20.1. The van der Waals surface area contributed by atoms with Gasteiger partial charge in [0.15, 0.2) is 0 Å². The number of halogens is 1. The molecular weight excluding hydrogens is 348 g/mol. The normalized spacial score (nSPS) is 11.1. The zero-order chi connectivity index (χ0) is 19.2. The summed E-state index contributed by atoms with van der Waals surface area (Å²) in [5, 5.41) is 3.72. The van der Waals surface area contributed by atoms with Gasteiger partial charge in [0, 0.05) is 30.6 Å². The first-order valence-corrected chi connectivity index (χ1v) is 9.08. The van der Waals surface area contributed by atoms with Gasteiger partial charge in [-0.1, -0.05) is 55.8 Å². The lowest BCUT2D eigenvalue weighted by Crippen LogP contribution is -2.43. The van der Waals surface area contributed by atoms with Crippen molar-refractivity contribution in [1.29, 1.82) is 0 Å². The van der Waals surface area contributed by atoms with Crippen LogP contribution in [0.2, 0.25) is 5.02 Å². The number of urea groups is 1. The van der Waals surface area contributed by atoms with Crippen molar-refractivity contribution in [2.45, 2.75) is 25.7 Å². The summed E-state index contributed by atoms with van der Waals surface area (Å²) in [6.07, 6.45) is 0.742. The fraction of sp³-hybridized carbons (Fsp3) is 0.381. The fourth-order valence-electron chi connectivity index (χ4n) is 2.74. The Morgan fingerprint density at radius 3 is 2.62 bits per heavy atom. The molecule has 5 heteroatoms. The number of rotatable bonds is 7. The lowest BCUT2D eigenvalue weighted by Gasteiger charge is -2.27. The maximum Gasteiger partial charge on any atom is 0.317 e. The van der Waals surface area contributed by atoms with E-state index in [1.165, 1.54) is 0 Å². The first-order valence-electron chi connectivity index (χ1n) is 8.70. The van der Waals surface area contributed by atoms with Crippen molar-refractivity contribution in [2.24, 2.45) is 0 Å². The number of hydrogen-bond donors (Lipinski definition) is 1. The zero-order valence-electron chi connectivity index (χ0n) is 15.9. The van der Waals surface area contributed by atoms with Gasteiger partial charge in [-0.15, -0.1) is 0 Å². The van der Waals surface area contributed by atoms with Crippen LogP contribution in [0.5, 0.6) is 5.75 Å². The van der Waals surface area contributed by atoms with Gasteiger partial charge in [0.1, 0.15) is 5.75 Å². The Bertz CT molecular complexity index is 746. The predicted octanol–water partition coefficient (Wildman–Crippen LogP) is 4.51. The maximum atomic E-state index is 12.4. The molecule has 2 aromatic rings. The minimum absolute atomic E-state index is 0.0880. The highest BCUT2D eigenvalue weighted by Crippen LogP contribution is 2.25. The van der Waals surface area contributed by atoms with E-state index in [9.17, 15) is 4.79 Å². The molecule has 0 heterocycles. The fourth-order valence-corrected chi connectivity index (χ4v) is 2.93. The molecule has 26 heavy (non-hydrogen) atoms. The van der Waals surface area contributed by atoms with E-state index in [0.717, 1.165) is 23.3 Å². The third-order valence-electron chi connectivity index (χ3n) is 4.54. The predicted molar refractivity (Wildman–Crippen MR) is 107 cm³/mol. The molecule has 0 bridgehead atoms. The largest absolute Gasteiger partial charge is 0.496 e. The number of nitrogens with zero attached hydrogens (tertiary/aromatic N) is 1. The molecule has 0 aliphatic carbocycles. The van der Waals surface area contributed by atoms with Crippen LogP contribution in [0.4, 0.5) is 4.79 Å². The van der Waals surface area contributed by atoms with Crippen molar-refractivity contribution in [3.63, 3.8) is 0 Å². The minimum atomic E-state index is -0.204. The highest BCUT2D eigenvalue weighted by molar-refractivity contribution is 6.30. The Hall–Kier alpha value is -2.20. The summed E-state index contributed by atoms with van der Waals surface area (Å²) in [4.78, 5) is 14.1. The highest BCUT2D eigenvalue weighted by atomic mass is 35.5. The second-order valence-electron chi connectivity index (χ2n) is 7.04. The van der Waals surface area contributed by atoms with Gasteiger partial charge in [0.25, 0.3) is 0 Å². The summed E-state index contributed by atoms with van der Waals surface area (Å²) in [7, 11) is 3.46. The molecule has 140 valence electrons. The van der Waals surface area contributed by atoms with Crippen LogP contribution in [-0.4, -0.2) is 38.2 Å². The summed E-state index contributed by atoms with van der Waals surface area (Å²) in [5.74, 6) is 0.850. The summed E-state index contributed by atoms with van der Waals surface area (Å²) in [5.41, 5.74) is 1.99. The van der Waals surface area contributed by atoms with Crippen LogP contribution in [-0.2, 0) is 11.8 Å². The SMILES string of the molecule is COc1ccccc1CCN(C)C(=O)NCC(C)(C)c1cccc(Cl)c1. The Morgan fingerprint density at radius 1 is 1.19 bits per heavy atom. The number of hydrogen-bond acceptors (Lipinski definition) is 2. The monoisotopic (exact) mass is 374 g/mol. The van der Waals surface area contributed by atoms with Gasteiger partial charge in [-0.2, -0.15) is 0 Å². The van der Waals surface area contributed by atoms with Crippen molar-refractivity contribution in [1.82, 2.24) is 10.2 Å². The second kappa shape index (κ2) is 8.95. The van der Waals surface area contributed by atoms with Gasteiger partial charge >= 0.3 is 6.03 Å². The summed E-state index contributed by atoms with van der Waals surface area (Å²) < 4.78 is 5.36. The molecule has 1 N–H and O–H groups in total.